The van der Waals surface area contributed by atoms with E-state index in [1.807, 2.05) is 4.90 Å². The van der Waals surface area contributed by atoms with Gasteiger partial charge in [0, 0.05) is 31.8 Å². The molecule has 1 aliphatic heterocycles. The van der Waals surface area contributed by atoms with Gasteiger partial charge < -0.3 is 10.6 Å². The molecule has 2 N–H and O–H groups in total. The van der Waals surface area contributed by atoms with E-state index in [9.17, 15) is 23.3 Å². The number of nitro benzene ring substituents is 1. The van der Waals surface area contributed by atoms with Crippen LogP contribution in [0.4, 0.5) is 11.4 Å². The molecule has 23 heavy (non-hydrogen) atoms. The lowest BCUT2D eigenvalue weighted by Crippen LogP contribution is -2.37. The molecule has 1 fully saturated rings. The van der Waals surface area contributed by atoms with Crippen molar-refractivity contribution in [3.8, 4) is 0 Å². The van der Waals surface area contributed by atoms with Gasteiger partial charge in [0.25, 0.3) is 5.69 Å². The second-order valence-electron chi connectivity index (χ2n) is 5.80. The number of rotatable bonds is 5. The molecule has 0 radical (unpaired) electrons. The minimum absolute atomic E-state index is 0.0513. The monoisotopic (exact) mass is 341 g/mol. The molecule has 1 saturated heterocycles. The predicted octanol–water partition coefficient (Wildman–Crippen LogP) is 1.09. The molecular weight excluding hydrogens is 322 g/mol. The lowest BCUT2D eigenvalue weighted by Gasteiger charge is -2.33. The Morgan fingerprint density at radius 2 is 2.17 bits per heavy atom. The van der Waals surface area contributed by atoms with Crippen LogP contribution in [0.25, 0.3) is 0 Å². The number of amides is 1. The number of primary amides is 1. The molecule has 126 valence electrons. The van der Waals surface area contributed by atoms with E-state index in [4.69, 9.17) is 5.73 Å². The summed E-state index contributed by atoms with van der Waals surface area (Å²) in [7, 11) is -3.52. The third-order valence-electron chi connectivity index (χ3n) is 3.92. The third kappa shape index (κ3) is 4.19. The maximum absolute atomic E-state index is 11.6. The smallest absolute Gasteiger partial charge is 0.293 e. The molecule has 2 rings (SSSR count). The van der Waals surface area contributed by atoms with Crippen LogP contribution in [0.15, 0.2) is 23.1 Å². The number of sulfone groups is 1. The Morgan fingerprint density at radius 1 is 1.48 bits per heavy atom. The number of carbonyl (C=O) groups is 1. The molecule has 1 heterocycles. The summed E-state index contributed by atoms with van der Waals surface area (Å²) in [5.74, 6) is -0.339. The summed E-state index contributed by atoms with van der Waals surface area (Å²) in [5.41, 5.74) is 5.35. The number of nitrogens with zero attached hydrogens (tertiary/aromatic N) is 2. The van der Waals surface area contributed by atoms with Crippen molar-refractivity contribution < 1.29 is 18.1 Å². The van der Waals surface area contributed by atoms with Crippen LogP contribution in [0.2, 0.25) is 0 Å². The quantitative estimate of drug-likeness (QED) is 0.631. The number of carbonyl (C=O) groups excluding carboxylic acids is 1. The van der Waals surface area contributed by atoms with Crippen molar-refractivity contribution in [3.63, 3.8) is 0 Å². The molecule has 1 atom stereocenters. The number of piperidine rings is 1. The van der Waals surface area contributed by atoms with Crippen LogP contribution in [-0.4, -0.2) is 38.6 Å². The maximum atomic E-state index is 11.6. The number of anilines is 1. The molecule has 1 unspecified atom stereocenters. The van der Waals surface area contributed by atoms with Gasteiger partial charge in [-0.25, -0.2) is 8.42 Å². The molecule has 1 amide bonds. The van der Waals surface area contributed by atoms with Crippen molar-refractivity contribution in [2.45, 2.75) is 24.2 Å². The second-order valence-corrected chi connectivity index (χ2v) is 7.82. The van der Waals surface area contributed by atoms with Crippen molar-refractivity contribution in [1.29, 1.82) is 0 Å². The van der Waals surface area contributed by atoms with Crippen LogP contribution in [0.5, 0.6) is 0 Å². The minimum atomic E-state index is -3.52. The van der Waals surface area contributed by atoms with Gasteiger partial charge >= 0.3 is 0 Å². The minimum Gasteiger partial charge on any atom is -0.370 e. The van der Waals surface area contributed by atoms with E-state index >= 15 is 0 Å². The van der Waals surface area contributed by atoms with E-state index in [1.165, 1.54) is 12.1 Å². The second kappa shape index (κ2) is 6.53. The van der Waals surface area contributed by atoms with Gasteiger partial charge in [0.1, 0.15) is 5.69 Å². The van der Waals surface area contributed by atoms with Crippen molar-refractivity contribution in [1.82, 2.24) is 0 Å². The zero-order chi connectivity index (χ0) is 17.2. The number of hydrogen-bond donors (Lipinski definition) is 1. The molecule has 0 bridgehead atoms. The Balaban J connectivity index is 2.34. The summed E-state index contributed by atoms with van der Waals surface area (Å²) >= 11 is 0. The molecule has 1 aliphatic rings. The summed E-state index contributed by atoms with van der Waals surface area (Å²) in [6.45, 7) is 1.11. The van der Waals surface area contributed by atoms with Crippen LogP contribution in [-0.2, 0) is 14.6 Å². The van der Waals surface area contributed by atoms with Gasteiger partial charge in [-0.1, -0.05) is 0 Å². The fraction of sp³-hybridized carbons (Fsp3) is 0.500. The molecule has 0 aliphatic carbocycles. The highest BCUT2D eigenvalue weighted by atomic mass is 32.2. The zero-order valence-electron chi connectivity index (χ0n) is 12.8. The lowest BCUT2D eigenvalue weighted by molar-refractivity contribution is -0.384. The van der Waals surface area contributed by atoms with Crippen LogP contribution in [0, 0.1) is 16.0 Å². The number of nitrogens with two attached hydrogens (primary N) is 1. The van der Waals surface area contributed by atoms with E-state index in [1.54, 1.807) is 0 Å². The molecule has 0 aromatic heterocycles. The molecular formula is C14H19N3O5S. The topological polar surface area (TPSA) is 124 Å². The Bertz CT molecular complexity index is 732. The van der Waals surface area contributed by atoms with E-state index in [-0.39, 0.29) is 22.9 Å². The molecule has 0 saturated carbocycles. The first kappa shape index (κ1) is 17.2. The number of benzene rings is 1. The van der Waals surface area contributed by atoms with Gasteiger partial charge in [-0.3, -0.25) is 14.9 Å². The van der Waals surface area contributed by atoms with Crippen LogP contribution in [0.1, 0.15) is 19.3 Å². The maximum Gasteiger partial charge on any atom is 0.293 e. The standard InChI is InChI=1S/C14H19N3O5S/c1-23(21,22)11-4-5-12(13(8-11)17(19)20)16-6-2-3-10(9-16)7-14(15)18/h4-5,8,10H,2-3,6-7,9H2,1H3,(H2,15,18). The average molecular weight is 341 g/mol. The zero-order valence-corrected chi connectivity index (χ0v) is 13.6. The van der Waals surface area contributed by atoms with Crippen molar-refractivity contribution in [3.05, 3.63) is 28.3 Å². The summed E-state index contributed by atoms with van der Waals surface area (Å²) in [6.07, 6.45) is 2.89. The van der Waals surface area contributed by atoms with Crippen molar-refractivity contribution >= 4 is 27.1 Å². The molecule has 1 aromatic rings. The largest absolute Gasteiger partial charge is 0.370 e. The van der Waals surface area contributed by atoms with E-state index in [0.29, 0.717) is 18.8 Å². The molecule has 1 aromatic carbocycles. The fourth-order valence-corrected chi connectivity index (χ4v) is 3.52. The van der Waals surface area contributed by atoms with E-state index in [2.05, 4.69) is 0 Å². The third-order valence-corrected chi connectivity index (χ3v) is 5.03. The first-order valence-corrected chi connectivity index (χ1v) is 9.09. The summed E-state index contributed by atoms with van der Waals surface area (Å²) in [4.78, 5) is 23.5. The summed E-state index contributed by atoms with van der Waals surface area (Å²) in [5, 5.41) is 11.3. The van der Waals surface area contributed by atoms with Gasteiger partial charge in [0.15, 0.2) is 9.84 Å². The molecule has 8 nitrogen and oxygen atoms in total. The number of nitro groups is 1. The Hall–Kier alpha value is -2.16. The van der Waals surface area contributed by atoms with Gasteiger partial charge in [0.2, 0.25) is 5.91 Å². The number of hydrogen-bond acceptors (Lipinski definition) is 6. The van der Waals surface area contributed by atoms with Crippen LogP contribution < -0.4 is 10.6 Å². The highest BCUT2D eigenvalue weighted by molar-refractivity contribution is 7.90. The van der Waals surface area contributed by atoms with Crippen molar-refractivity contribution in [2.75, 3.05) is 24.2 Å². The Kier molecular flexibility index (Phi) is 4.88. The molecule has 0 spiro atoms. The normalized spacial score (nSPS) is 18.7. The average Bonchev–Trinajstić information content (AvgIpc) is 2.45. The Labute approximate surface area is 134 Å². The summed E-state index contributed by atoms with van der Waals surface area (Å²) < 4.78 is 23.2. The van der Waals surface area contributed by atoms with E-state index < -0.39 is 20.7 Å². The molecule has 9 heteroatoms. The highest BCUT2D eigenvalue weighted by Crippen LogP contribution is 2.34. The Morgan fingerprint density at radius 3 is 2.74 bits per heavy atom. The first-order valence-electron chi connectivity index (χ1n) is 7.20. The first-order chi connectivity index (χ1) is 10.7. The van der Waals surface area contributed by atoms with Gasteiger partial charge in [-0.15, -0.1) is 0 Å². The van der Waals surface area contributed by atoms with E-state index in [0.717, 1.165) is 25.2 Å². The highest BCUT2D eigenvalue weighted by Gasteiger charge is 2.27. The van der Waals surface area contributed by atoms with Gasteiger partial charge in [-0.05, 0) is 30.9 Å². The summed E-state index contributed by atoms with van der Waals surface area (Å²) in [6, 6.07) is 3.92. The predicted molar refractivity (Wildman–Crippen MR) is 85.0 cm³/mol. The van der Waals surface area contributed by atoms with Crippen LogP contribution in [0.3, 0.4) is 0 Å². The van der Waals surface area contributed by atoms with Crippen molar-refractivity contribution in [2.24, 2.45) is 11.7 Å². The SMILES string of the molecule is CS(=O)(=O)c1ccc(N2CCCC(CC(N)=O)C2)c([N+](=O)[O-])c1. The van der Waals surface area contributed by atoms with Gasteiger partial charge in [-0.2, -0.15) is 0 Å². The van der Waals surface area contributed by atoms with Crippen LogP contribution >= 0.6 is 0 Å². The lowest BCUT2D eigenvalue weighted by atomic mass is 9.94. The van der Waals surface area contributed by atoms with Gasteiger partial charge in [0.05, 0.1) is 9.82 Å². The fourth-order valence-electron chi connectivity index (χ4n) is 2.88.